The predicted molar refractivity (Wildman–Crippen MR) is 85.1 cm³/mol. The van der Waals surface area contributed by atoms with Gasteiger partial charge in [-0.25, -0.2) is 0 Å². The summed E-state index contributed by atoms with van der Waals surface area (Å²) in [7, 11) is 3.21. The van der Waals surface area contributed by atoms with E-state index in [2.05, 4.69) is 0 Å². The highest BCUT2D eigenvalue weighted by Gasteiger charge is 2.59. The summed E-state index contributed by atoms with van der Waals surface area (Å²) < 4.78 is 10.7. The SMILES string of the molecule is COc1ccc(N2C(=O)[C@](C)(OC)[C@H]2c2ccccc2)cc1. The number of anilines is 1. The normalized spacial score (nSPS) is 24.0. The summed E-state index contributed by atoms with van der Waals surface area (Å²) >= 11 is 0. The van der Waals surface area contributed by atoms with Crippen LogP contribution in [0.25, 0.3) is 0 Å². The molecule has 0 saturated carbocycles. The molecule has 1 aliphatic heterocycles. The molecule has 2 aromatic rings. The predicted octanol–water partition coefficient (Wildman–Crippen LogP) is 3.19. The Morgan fingerprint density at radius 3 is 2.18 bits per heavy atom. The molecule has 1 saturated heterocycles. The fraction of sp³-hybridized carbons (Fsp3) is 0.278. The van der Waals surface area contributed by atoms with Crippen molar-refractivity contribution < 1.29 is 14.3 Å². The summed E-state index contributed by atoms with van der Waals surface area (Å²) in [6.07, 6.45) is 0. The maximum atomic E-state index is 12.6. The Morgan fingerprint density at radius 1 is 1.00 bits per heavy atom. The lowest BCUT2D eigenvalue weighted by Crippen LogP contribution is -2.68. The maximum absolute atomic E-state index is 12.6. The van der Waals surface area contributed by atoms with E-state index in [0.29, 0.717) is 0 Å². The number of β-lactam (4-membered cyclic amide) rings is 1. The van der Waals surface area contributed by atoms with Crippen LogP contribution in [0.15, 0.2) is 54.6 Å². The Bertz CT molecular complexity index is 668. The van der Waals surface area contributed by atoms with Gasteiger partial charge in [0.15, 0.2) is 5.60 Å². The van der Waals surface area contributed by atoms with Crippen molar-refractivity contribution >= 4 is 11.6 Å². The van der Waals surface area contributed by atoms with Gasteiger partial charge in [0.1, 0.15) is 5.75 Å². The number of benzene rings is 2. The lowest BCUT2D eigenvalue weighted by atomic mass is 9.78. The van der Waals surface area contributed by atoms with Crippen molar-refractivity contribution in [3.8, 4) is 5.75 Å². The van der Waals surface area contributed by atoms with Crippen molar-refractivity contribution in [1.29, 1.82) is 0 Å². The van der Waals surface area contributed by atoms with Crippen LogP contribution in [0.3, 0.4) is 0 Å². The fourth-order valence-electron chi connectivity index (χ4n) is 2.96. The van der Waals surface area contributed by atoms with E-state index >= 15 is 0 Å². The van der Waals surface area contributed by atoms with Crippen LogP contribution in [0.2, 0.25) is 0 Å². The molecule has 1 aliphatic rings. The summed E-state index contributed by atoms with van der Waals surface area (Å²) in [5.41, 5.74) is 1.07. The van der Waals surface area contributed by atoms with Gasteiger partial charge in [-0.15, -0.1) is 0 Å². The summed E-state index contributed by atoms with van der Waals surface area (Å²) in [6.45, 7) is 1.84. The Hall–Kier alpha value is -2.33. The number of carbonyl (C=O) groups is 1. The van der Waals surface area contributed by atoms with Crippen LogP contribution in [0.4, 0.5) is 5.69 Å². The number of methoxy groups -OCH3 is 2. The molecule has 0 radical (unpaired) electrons. The molecule has 0 N–H and O–H groups in total. The number of hydrogen-bond donors (Lipinski definition) is 0. The van der Waals surface area contributed by atoms with E-state index in [1.165, 1.54) is 0 Å². The third-order valence-corrected chi connectivity index (χ3v) is 4.31. The largest absolute Gasteiger partial charge is 0.497 e. The van der Waals surface area contributed by atoms with Crippen LogP contribution < -0.4 is 9.64 Å². The van der Waals surface area contributed by atoms with Crippen LogP contribution >= 0.6 is 0 Å². The number of nitrogens with zero attached hydrogens (tertiary/aromatic N) is 1. The van der Waals surface area contributed by atoms with E-state index in [-0.39, 0.29) is 11.9 Å². The highest BCUT2D eigenvalue weighted by molar-refractivity contribution is 6.08. The lowest BCUT2D eigenvalue weighted by Gasteiger charge is -2.53. The minimum Gasteiger partial charge on any atom is -0.497 e. The minimum atomic E-state index is -0.832. The molecule has 3 rings (SSSR count). The number of carbonyl (C=O) groups excluding carboxylic acids is 1. The average molecular weight is 297 g/mol. The third-order valence-electron chi connectivity index (χ3n) is 4.31. The van der Waals surface area contributed by atoms with Gasteiger partial charge in [-0.3, -0.25) is 9.69 Å². The average Bonchev–Trinajstić information content (AvgIpc) is 2.59. The monoisotopic (exact) mass is 297 g/mol. The molecule has 0 aliphatic carbocycles. The topological polar surface area (TPSA) is 38.8 Å². The molecule has 114 valence electrons. The molecule has 1 amide bonds. The molecule has 0 unspecified atom stereocenters. The number of rotatable bonds is 4. The number of amides is 1. The highest BCUT2D eigenvalue weighted by Crippen LogP contribution is 2.48. The van der Waals surface area contributed by atoms with Gasteiger partial charge in [0, 0.05) is 12.8 Å². The fourth-order valence-corrected chi connectivity index (χ4v) is 2.96. The molecule has 4 nitrogen and oxygen atoms in total. The quantitative estimate of drug-likeness (QED) is 0.814. The van der Waals surface area contributed by atoms with E-state index < -0.39 is 5.60 Å². The summed E-state index contributed by atoms with van der Waals surface area (Å²) in [5, 5.41) is 0. The molecule has 2 aromatic carbocycles. The first kappa shape index (κ1) is 14.6. The zero-order valence-corrected chi connectivity index (χ0v) is 12.9. The molecular formula is C18H19NO3. The second-order valence-electron chi connectivity index (χ2n) is 5.50. The first-order valence-corrected chi connectivity index (χ1v) is 7.19. The van der Waals surface area contributed by atoms with E-state index in [1.807, 2.05) is 61.5 Å². The molecular weight excluding hydrogens is 278 g/mol. The Kier molecular flexibility index (Phi) is 3.62. The van der Waals surface area contributed by atoms with Crippen LogP contribution in [0.5, 0.6) is 5.75 Å². The minimum absolute atomic E-state index is 0.0333. The summed E-state index contributed by atoms with van der Waals surface area (Å²) in [5.74, 6) is 0.733. The van der Waals surface area contributed by atoms with Gasteiger partial charge in [-0.2, -0.15) is 0 Å². The van der Waals surface area contributed by atoms with Gasteiger partial charge in [-0.05, 0) is 36.8 Å². The van der Waals surface area contributed by atoms with Crippen molar-refractivity contribution in [2.24, 2.45) is 0 Å². The van der Waals surface area contributed by atoms with E-state index in [4.69, 9.17) is 9.47 Å². The van der Waals surface area contributed by atoms with Gasteiger partial charge in [0.2, 0.25) is 0 Å². The number of hydrogen-bond acceptors (Lipinski definition) is 3. The van der Waals surface area contributed by atoms with Crippen molar-refractivity contribution in [2.75, 3.05) is 19.1 Å². The van der Waals surface area contributed by atoms with Crippen molar-refractivity contribution in [1.82, 2.24) is 0 Å². The van der Waals surface area contributed by atoms with Crippen LogP contribution in [0.1, 0.15) is 18.5 Å². The standard InChI is InChI=1S/C18H19NO3/c1-18(22-3)16(13-7-5-4-6-8-13)19(17(18)20)14-9-11-15(21-2)12-10-14/h4-12,16H,1-3H3/t16-,18-/m1/s1. The molecule has 4 heteroatoms. The van der Waals surface area contributed by atoms with Crippen molar-refractivity contribution in [3.05, 3.63) is 60.2 Å². The molecule has 2 atom stereocenters. The van der Waals surface area contributed by atoms with Crippen molar-refractivity contribution in [3.63, 3.8) is 0 Å². The second-order valence-corrected chi connectivity index (χ2v) is 5.50. The van der Waals surface area contributed by atoms with E-state index in [9.17, 15) is 4.79 Å². The van der Waals surface area contributed by atoms with E-state index in [1.54, 1.807) is 19.1 Å². The molecule has 22 heavy (non-hydrogen) atoms. The summed E-state index contributed by atoms with van der Waals surface area (Å²) in [4.78, 5) is 14.4. The molecule has 0 bridgehead atoms. The smallest absolute Gasteiger partial charge is 0.262 e. The zero-order valence-electron chi connectivity index (χ0n) is 12.9. The Labute approximate surface area is 130 Å². The zero-order chi connectivity index (χ0) is 15.7. The van der Waals surface area contributed by atoms with Crippen LogP contribution in [-0.2, 0) is 9.53 Å². The Balaban J connectivity index is 2.00. The van der Waals surface area contributed by atoms with Gasteiger partial charge in [0.05, 0.1) is 13.2 Å². The lowest BCUT2D eigenvalue weighted by molar-refractivity contribution is -0.156. The van der Waals surface area contributed by atoms with Crippen molar-refractivity contribution in [2.45, 2.75) is 18.6 Å². The maximum Gasteiger partial charge on any atom is 0.262 e. The van der Waals surface area contributed by atoms with Gasteiger partial charge in [0.25, 0.3) is 5.91 Å². The first-order valence-electron chi connectivity index (χ1n) is 7.19. The van der Waals surface area contributed by atoms with Gasteiger partial charge < -0.3 is 9.47 Å². The number of ether oxygens (including phenoxy) is 2. The second kappa shape index (κ2) is 5.46. The van der Waals surface area contributed by atoms with Crippen LogP contribution in [0, 0.1) is 0 Å². The molecule has 1 heterocycles. The molecule has 1 fully saturated rings. The van der Waals surface area contributed by atoms with E-state index in [0.717, 1.165) is 17.0 Å². The molecule has 0 aromatic heterocycles. The molecule has 0 spiro atoms. The van der Waals surface area contributed by atoms with Gasteiger partial charge >= 0.3 is 0 Å². The van der Waals surface area contributed by atoms with Gasteiger partial charge in [-0.1, -0.05) is 30.3 Å². The Morgan fingerprint density at radius 2 is 1.64 bits per heavy atom. The highest BCUT2D eigenvalue weighted by atomic mass is 16.5. The third kappa shape index (κ3) is 2.07. The van der Waals surface area contributed by atoms with Crippen LogP contribution in [-0.4, -0.2) is 25.7 Å². The first-order chi connectivity index (χ1) is 10.6. The summed E-state index contributed by atoms with van der Waals surface area (Å²) in [6, 6.07) is 17.3.